The average Bonchev–Trinajstić information content (AvgIpc) is 2.96. The lowest BCUT2D eigenvalue weighted by Crippen LogP contribution is -2.21. The number of methoxy groups -OCH3 is 1. The largest absolute Gasteiger partial charge is 0.497 e. The molecule has 22 heavy (non-hydrogen) atoms. The van der Waals surface area contributed by atoms with E-state index in [-0.39, 0.29) is 0 Å². The van der Waals surface area contributed by atoms with Crippen LogP contribution in [0.3, 0.4) is 0 Å². The standard InChI is InChI=1S/C17H24N4O/c1-14(2)21-13-18-19-17(21)12-20(3)11-5-6-15-7-9-16(22-4)10-8-15/h5-10,13-14H,11-12H2,1-4H3/b6-5+. The fourth-order valence-corrected chi connectivity index (χ4v) is 2.20. The molecular weight excluding hydrogens is 276 g/mol. The second-order valence-corrected chi connectivity index (χ2v) is 5.62. The third-order valence-corrected chi connectivity index (χ3v) is 3.46. The van der Waals surface area contributed by atoms with E-state index in [1.165, 1.54) is 5.56 Å². The molecule has 0 saturated heterocycles. The molecular formula is C17H24N4O. The molecule has 0 aliphatic carbocycles. The quantitative estimate of drug-likeness (QED) is 0.788. The van der Waals surface area contributed by atoms with E-state index in [9.17, 15) is 0 Å². The SMILES string of the molecule is COc1ccc(/C=C/CN(C)Cc2nncn2C(C)C)cc1. The molecule has 0 amide bonds. The van der Waals surface area contributed by atoms with Crippen molar-refractivity contribution in [2.24, 2.45) is 0 Å². The number of aromatic nitrogens is 3. The van der Waals surface area contributed by atoms with Crippen LogP contribution >= 0.6 is 0 Å². The summed E-state index contributed by atoms with van der Waals surface area (Å²) < 4.78 is 7.25. The van der Waals surface area contributed by atoms with Gasteiger partial charge in [-0.15, -0.1) is 10.2 Å². The van der Waals surface area contributed by atoms with Crippen molar-refractivity contribution in [2.75, 3.05) is 20.7 Å². The van der Waals surface area contributed by atoms with Crippen molar-refractivity contribution in [3.63, 3.8) is 0 Å². The van der Waals surface area contributed by atoms with Crippen molar-refractivity contribution >= 4 is 6.08 Å². The summed E-state index contributed by atoms with van der Waals surface area (Å²) in [7, 11) is 3.76. The van der Waals surface area contributed by atoms with Gasteiger partial charge >= 0.3 is 0 Å². The number of benzene rings is 1. The van der Waals surface area contributed by atoms with Crippen molar-refractivity contribution in [3.8, 4) is 5.75 Å². The Labute approximate surface area is 132 Å². The predicted molar refractivity (Wildman–Crippen MR) is 88.8 cm³/mol. The van der Waals surface area contributed by atoms with E-state index >= 15 is 0 Å². The number of ether oxygens (including phenoxy) is 1. The van der Waals surface area contributed by atoms with Crippen LogP contribution in [0.1, 0.15) is 31.3 Å². The number of hydrogen-bond acceptors (Lipinski definition) is 4. The van der Waals surface area contributed by atoms with Crippen LogP contribution in [-0.2, 0) is 6.54 Å². The van der Waals surface area contributed by atoms with Gasteiger partial charge in [-0.25, -0.2) is 0 Å². The minimum atomic E-state index is 0.383. The molecule has 0 aliphatic heterocycles. The van der Waals surface area contributed by atoms with Crippen molar-refractivity contribution in [2.45, 2.75) is 26.4 Å². The lowest BCUT2D eigenvalue weighted by Gasteiger charge is -2.16. The van der Waals surface area contributed by atoms with E-state index in [1.807, 2.05) is 24.3 Å². The van der Waals surface area contributed by atoms with Crippen LogP contribution in [0.25, 0.3) is 6.08 Å². The van der Waals surface area contributed by atoms with Crippen LogP contribution in [0.2, 0.25) is 0 Å². The highest BCUT2D eigenvalue weighted by atomic mass is 16.5. The van der Waals surface area contributed by atoms with Crippen LogP contribution in [0.15, 0.2) is 36.7 Å². The summed E-state index contributed by atoms with van der Waals surface area (Å²) in [5, 5.41) is 8.19. The first-order valence-corrected chi connectivity index (χ1v) is 7.47. The third kappa shape index (κ3) is 4.43. The fourth-order valence-electron chi connectivity index (χ4n) is 2.20. The van der Waals surface area contributed by atoms with Gasteiger partial charge in [0, 0.05) is 12.6 Å². The van der Waals surface area contributed by atoms with Crippen LogP contribution in [0, 0.1) is 0 Å². The Morgan fingerprint density at radius 3 is 2.64 bits per heavy atom. The molecule has 2 rings (SSSR count). The van der Waals surface area contributed by atoms with Gasteiger partial charge in [-0.2, -0.15) is 0 Å². The van der Waals surface area contributed by atoms with Gasteiger partial charge in [-0.05, 0) is 38.6 Å². The molecule has 0 fully saturated rings. The smallest absolute Gasteiger partial charge is 0.147 e. The molecule has 1 aromatic heterocycles. The molecule has 0 radical (unpaired) electrons. The molecule has 5 nitrogen and oxygen atoms in total. The molecule has 1 heterocycles. The minimum Gasteiger partial charge on any atom is -0.497 e. The first kappa shape index (κ1) is 16.2. The molecule has 0 spiro atoms. The first-order valence-electron chi connectivity index (χ1n) is 7.47. The maximum atomic E-state index is 5.15. The Kier molecular flexibility index (Phi) is 5.72. The Hall–Kier alpha value is -2.14. The summed E-state index contributed by atoms with van der Waals surface area (Å²) in [6.45, 7) is 5.91. The zero-order valence-electron chi connectivity index (χ0n) is 13.7. The fraction of sp³-hybridized carbons (Fsp3) is 0.412. The number of nitrogens with zero attached hydrogens (tertiary/aromatic N) is 4. The summed E-state index contributed by atoms with van der Waals surface area (Å²) in [4.78, 5) is 2.21. The zero-order chi connectivity index (χ0) is 15.9. The van der Waals surface area contributed by atoms with Crippen LogP contribution in [0.4, 0.5) is 0 Å². The minimum absolute atomic E-state index is 0.383. The molecule has 1 aromatic carbocycles. The van der Waals surface area contributed by atoms with Gasteiger partial charge in [0.15, 0.2) is 0 Å². The van der Waals surface area contributed by atoms with Gasteiger partial charge < -0.3 is 9.30 Å². The summed E-state index contributed by atoms with van der Waals surface area (Å²) in [5.41, 5.74) is 1.17. The summed E-state index contributed by atoms with van der Waals surface area (Å²) in [6.07, 6.45) is 6.06. The maximum absolute atomic E-state index is 5.15. The first-order chi connectivity index (χ1) is 10.6. The second kappa shape index (κ2) is 7.75. The lowest BCUT2D eigenvalue weighted by molar-refractivity contribution is 0.342. The van der Waals surface area contributed by atoms with Gasteiger partial charge in [-0.1, -0.05) is 24.3 Å². The van der Waals surface area contributed by atoms with Crippen molar-refractivity contribution in [1.82, 2.24) is 19.7 Å². The van der Waals surface area contributed by atoms with Crippen LogP contribution < -0.4 is 4.74 Å². The summed E-state index contributed by atoms with van der Waals surface area (Å²) in [5.74, 6) is 1.87. The molecule has 5 heteroatoms. The van der Waals surface area contributed by atoms with E-state index in [2.05, 4.69) is 52.7 Å². The molecule has 0 atom stereocenters. The molecule has 2 aromatic rings. The van der Waals surface area contributed by atoms with Gasteiger partial charge in [0.25, 0.3) is 0 Å². The van der Waals surface area contributed by atoms with Gasteiger partial charge in [-0.3, -0.25) is 4.90 Å². The summed E-state index contributed by atoms with van der Waals surface area (Å²) in [6, 6.07) is 8.41. The lowest BCUT2D eigenvalue weighted by atomic mass is 10.2. The zero-order valence-corrected chi connectivity index (χ0v) is 13.7. The van der Waals surface area contributed by atoms with Gasteiger partial charge in [0.2, 0.25) is 0 Å². The van der Waals surface area contributed by atoms with Crippen molar-refractivity contribution < 1.29 is 4.74 Å². The highest BCUT2D eigenvalue weighted by molar-refractivity contribution is 5.50. The average molecular weight is 300 g/mol. The highest BCUT2D eigenvalue weighted by Gasteiger charge is 2.08. The number of hydrogen-bond donors (Lipinski definition) is 0. The molecule has 0 aliphatic rings. The van der Waals surface area contributed by atoms with Crippen LogP contribution in [0.5, 0.6) is 5.75 Å². The monoisotopic (exact) mass is 300 g/mol. The third-order valence-electron chi connectivity index (χ3n) is 3.46. The van der Waals surface area contributed by atoms with E-state index < -0.39 is 0 Å². The van der Waals surface area contributed by atoms with E-state index in [0.29, 0.717) is 6.04 Å². The molecule has 0 N–H and O–H groups in total. The predicted octanol–water partition coefficient (Wildman–Crippen LogP) is 3.01. The Morgan fingerprint density at radius 1 is 1.27 bits per heavy atom. The Morgan fingerprint density at radius 2 is 2.00 bits per heavy atom. The van der Waals surface area contributed by atoms with E-state index in [4.69, 9.17) is 4.74 Å². The Balaban J connectivity index is 1.87. The number of likely N-dealkylation sites (N-methyl/N-ethyl adjacent to an activating group) is 1. The number of rotatable bonds is 7. The summed E-state index contributed by atoms with van der Waals surface area (Å²) >= 11 is 0. The normalized spacial score (nSPS) is 11.7. The van der Waals surface area contributed by atoms with E-state index in [0.717, 1.165) is 24.7 Å². The highest BCUT2D eigenvalue weighted by Crippen LogP contribution is 2.12. The van der Waals surface area contributed by atoms with Crippen molar-refractivity contribution in [3.05, 3.63) is 48.1 Å². The Bertz CT molecular complexity index is 601. The topological polar surface area (TPSA) is 43.2 Å². The van der Waals surface area contributed by atoms with Gasteiger partial charge in [0.05, 0.1) is 13.7 Å². The molecule has 0 saturated carbocycles. The maximum Gasteiger partial charge on any atom is 0.147 e. The van der Waals surface area contributed by atoms with Gasteiger partial charge in [0.1, 0.15) is 17.9 Å². The molecule has 118 valence electrons. The molecule has 0 unspecified atom stereocenters. The molecule has 0 bridgehead atoms. The van der Waals surface area contributed by atoms with Crippen molar-refractivity contribution in [1.29, 1.82) is 0 Å². The van der Waals surface area contributed by atoms with Crippen LogP contribution in [-0.4, -0.2) is 40.4 Å². The second-order valence-electron chi connectivity index (χ2n) is 5.62. The van der Waals surface area contributed by atoms with E-state index in [1.54, 1.807) is 13.4 Å².